The van der Waals surface area contributed by atoms with Crippen molar-refractivity contribution in [1.82, 2.24) is 0 Å². The molecule has 0 saturated heterocycles. The zero-order valence-electron chi connectivity index (χ0n) is 12.0. The molecule has 0 bridgehead atoms. The number of benzene rings is 2. The number of anilines is 1. The van der Waals surface area contributed by atoms with Crippen molar-refractivity contribution in [2.75, 3.05) is 11.4 Å². The van der Waals surface area contributed by atoms with Gasteiger partial charge in [-0.1, -0.05) is 35.9 Å². The molecule has 0 heterocycles. The van der Waals surface area contributed by atoms with Crippen molar-refractivity contribution in [2.24, 2.45) is 0 Å². The minimum Gasteiger partial charge on any atom is -0.480 e. The Morgan fingerprint density at radius 3 is 2.29 bits per heavy atom. The summed E-state index contributed by atoms with van der Waals surface area (Å²) < 4.78 is 0. The van der Waals surface area contributed by atoms with Gasteiger partial charge >= 0.3 is 5.97 Å². The van der Waals surface area contributed by atoms with E-state index in [2.05, 4.69) is 0 Å². The summed E-state index contributed by atoms with van der Waals surface area (Å²) in [5.41, 5.74) is 3.00. The van der Waals surface area contributed by atoms with Gasteiger partial charge in [0.25, 0.3) is 5.91 Å². The van der Waals surface area contributed by atoms with Crippen LogP contribution in [0.1, 0.15) is 21.5 Å². The molecular formula is C17H17NO3. The Hall–Kier alpha value is -2.62. The predicted octanol–water partition coefficient (Wildman–Crippen LogP) is 3.03. The fraction of sp³-hybridized carbons (Fsp3) is 0.176. The summed E-state index contributed by atoms with van der Waals surface area (Å²) in [6, 6.07) is 14.3. The average molecular weight is 283 g/mol. The second-order valence-electron chi connectivity index (χ2n) is 4.94. The summed E-state index contributed by atoms with van der Waals surface area (Å²) in [5, 5.41) is 9.06. The number of rotatable bonds is 4. The van der Waals surface area contributed by atoms with Crippen LogP contribution < -0.4 is 4.90 Å². The molecule has 0 saturated carbocycles. The fourth-order valence-electron chi connectivity index (χ4n) is 2.22. The second kappa shape index (κ2) is 6.22. The predicted molar refractivity (Wildman–Crippen MR) is 81.7 cm³/mol. The van der Waals surface area contributed by atoms with E-state index in [1.54, 1.807) is 30.3 Å². The van der Waals surface area contributed by atoms with Crippen LogP contribution in [0, 0.1) is 13.8 Å². The highest BCUT2D eigenvalue weighted by atomic mass is 16.4. The molecule has 1 N–H and O–H groups in total. The van der Waals surface area contributed by atoms with Gasteiger partial charge in [0.15, 0.2) is 0 Å². The molecule has 0 radical (unpaired) electrons. The molecule has 0 unspecified atom stereocenters. The minimum atomic E-state index is -1.04. The Kier molecular flexibility index (Phi) is 4.38. The first kappa shape index (κ1) is 14.8. The normalized spacial score (nSPS) is 10.2. The van der Waals surface area contributed by atoms with Crippen molar-refractivity contribution >= 4 is 17.6 Å². The number of hydrogen-bond donors (Lipinski definition) is 1. The number of aryl methyl sites for hydroxylation is 2. The van der Waals surface area contributed by atoms with Crippen LogP contribution in [0.15, 0.2) is 48.5 Å². The van der Waals surface area contributed by atoms with E-state index in [0.717, 1.165) is 11.1 Å². The first-order chi connectivity index (χ1) is 9.99. The maximum Gasteiger partial charge on any atom is 0.323 e. The van der Waals surface area contributed by atoms with Gasteiger partial charge in [-0.25, -0.2) is 0 Å². The van der Waals surface area contributed by atoms with Crippen LogP contribution in [0.5, 0.6) is 0 Å². The van der Waals surface area contributed by atoms with E-state index in [1.165, 1.54) is 4.90 Å². The molecule has 2 rings (SSSR count). The van der Waals surface area contributed by atoms with E-state index >= 15 is 0 Å². The molecule has 2 aromatic rings. The third-order valence-electron chi connectivity index (χ3n) is 3.22. The van der Waals surface area contributed by atoms with Crippen LogP contribution in [-0.4, -0.2) is 23.5 Å². The number of carboxylic acids is 1. The number of nitrogens with zero attached hydrogens (tertiary/aromatic N) is 1. The van der Waals surface area contributed by atoms with Crippen LogP contribution in [0.4, 0.5) is 5.69 Å². The topological polar surface area (TPSA) is 57.6 Å². The lowest BCUT2D eigenvalue weighted by Crippen LogP contribution is -2.36. The second-order valence-corrected chi connectivity index (χ2v) is 4.94. The molecule has 0 fully saturated rings. The van der Waals surface area contributed by atoms with Gasteiger partial charge < -0.3 is 5.11 Å². The number of hydrogen-bond acceptors (Lipinski definition) is 2. The van der Waals surface area contributed by atoms with Gasteiger partial charge in [-0.2, -0.15) is 0 Å². The summed E-state index contributed by atoms with van der Waals surface area (Å²) in [6.45, 7) is 3.44. The number of para-hydroxylation sites is 1. The molecule has 0 spiro atoms. The van der Waals surface area contributed by atoms with Gasteiger partial charge in [-0.05, 0) is 37.6 Å². The highest BCUT2D eigenvalue weighted by Gasteiger charge is 2.21. The highest BCUT2D eigenvalue weighted by molar-refractivity contribution is 6.09. The zero-order chi connectivity index (χ0) is 15.4. The Labute approximate surface area is 123 Å². The quantitative estimate of drug-likeness (QED) is 0.938. The minimum absolute atomic E-state index is 0.305. The summed E-state index contributed by atoms with van der Waals surface area (Å²) in [6.07, 6.45) is 0. The Morgan fingerprint density at radius 1 is 1.05 bits per heavy atom. The molecule has 108 valence electrons. The van der Waals surface area contributed by atoms with Crippen molar-refractivity contribution in [1.29, 1.82) is 0 Å². The number of aliphatic carboxylic acids is 1. The van der Waals surface area contributed by atoms with E-state index < -0.39 is 5.97 Å². The molecule has 0 aliphatic carbocycles. The van der Waals surface area contributed by atoms with Crippen LogP contribution in [-0.2, 0) is 4.79 Å². The molecular weight excluding hydrogens is 266 g/mol. The standard InChI is InChI=1S/C17H17NO3/c1-12-8-9-15(13(2)10-12)17(21)18(11-16(19)20)14-6-4-3-5-7-14/h3-10H,11H2,1-2H3,(H,19,20). The number of amides is 1. The van der Waals surface area contributed by atoms with Crippen LogP contribution in [0.25, 0.3) is 0 Å². The summed E-state index contributed by atoms with van der Waals surface area (Å²) in [4.78, 5) is 25.0. The molecule has 4 heteroatoms. The summed E-state index contributed by atoms with van der Waals surface area (Å²) in [7, 11) is 0. The lowest BCUT2D eigenvalue weighted by Gasteiger charge is -2.22. The molecule has 21 heavy (non-hydrogen) atoms. The fourth-order valence-corrected chi connectivity index (χ4v) is 2.22. The van der Waals surface area contributed by atoms with Gasteiger partial charge in [-0.15, -0.1) is 0 Å². The van der Waals surface area contributed by atoms with Crippen molar-refractivity contribution < 1.29 is 14.7 Å². The SMILES string of the molecule is Cc1ccc(C(=O)N(CC(=O)O)c2ccccc2)c(C)c1. The number of carbonyl (C=O) groups excluding carboxylic acids is 1. The van der Waals surface area contributed by atoms with Gasteiger partial charge in [-0.3, -0.25) is 14.5 Å². The van der Waals surface area contributed by atoms with Crippen molar-refractivity contribution in [3.63, 3.8) is 0 Å². The van der Waals surface area contributed by atoms with Crippen molar-refractivity contribution in [3.05, 3.63) is 65.2 Å². The van der Waals surface area contributed by atoms with E-state index in [1.807, 2.05) is 32.0 Å². The third-order valence-corrected chi connectivity index (χ3v) is 3.22. The van der Waals surface area contributed by atoms with Crippen molar-refractivity contribution in [3.8, 4) is 0 Å². The van der Waals surface area contributed by atoms with E-state index in [4.69, 9.17) is 5.11 Å². The molecule has 4 nitrogen and oxygen atoms in total. The Balaban J connectivity index is 2.41. The zero-order valence-corrected chi connectivity index (χ0v) is 12.0. The molecule has 2 aromatic carbocycles. The monoisotopic (exact) mass is 283 g/mol. The van der Waals surface area contributed by atoms with Gasteiger partial charge in [0.2, 0.25) is 0 Å². The summed E-state index contributed by atoms with van der Waals surface area (Å²) in [5.74, 6) is -1.35. The van der Waals surface area contributed by atoms with Crippen LogP contribution in [0.2, 0.25) is 0 Å². The lowest BCUT2D eigenvalue weighted by atomic mass is 10.0. The van der Waals surface area contributed by atoms with E-state index in [0.29, 0.717) is 11.3 Å². The Bertz CT molecular complexity index is 665. The highest BCUT2D eigenvalue weighted by Crippen LogP contribution is 2.19. The smallest absolute Gasteiger partial charge is 0.323 e. The Morgan fingerprint density at radius 2 is 1.71 bits per heavy atom. The van der Waals surface area contributed by atoms with Crippen LogP contribution in [0.3, 0.4) is 0 Å². The number of carboxylic acid groups (broad SMARTS) is 1. The van der Waals surface area contributed by atoms with Gasteiger partial charge in [0.05, 0.1) is 0 Å². The first-order valence-corrected chi connectivity index (χ1v) is 6.65. The molecule has 0 aliphatic rings. The summed E-state index contributed by atoms with van der Waals surface area (Å²) >= 11 is 0. The van der Waals surface area contributed by atoms with Crippen LogP contribution >= 0.6 is 0 Å². The third kappa shape index (κ3) is 3.48. The van der Waals surface area contributed by atoms with Gasteiger partial charge in [0, 0.05) is 11.3 Å². The molecule has 0 aliphatic heterocycles. The maximum absolute atomic E-state index is 12.7. The number of carbonyl (C=O) groups is 2. The van der Waals surface area contributed by atoms with E-state index in [-0.39, 0.29) is 12.5 Å². The maximum atomic E-state index is 12.7. The largest absolute Gasteiger partial charge is 0.480 e. The van der Waals surface area contributed by atoms with Gasteiger partial charge in [0.1, 0.15) is 6.54 Å². The molecule has 0 atom stereocenters. The molecule has 0 aromatic heterocycles. The molecule has 1 amide bonds. The first-order valence-electron chi connectivity index (χ1n) is 6.65. The lowest BCUT2D eigenvalue weighted by molar-refractivity contribution is -0.135. The van der Waals surface area contributed by atoms with E-state index in [9.17, 15) is 9.59 Å². The average Bonchev–Trinajstić information content (AvgIpc) is 2.45. The van der Waals surface area contributed by atoms with Crippen molar-refractivity contribution in [2.45, 2.75) is 13.8 Å².